The zero-order valence-corrected chi connectivity index (χ0v) is 12.6. The van der Waals surface area contributed by atoms with Crippen LogP contribution in [0.1, 0.15) is 37.8 Å². The fraction of sp³-hybridized carbons (Fsp3) is 0.500. The van der Waals surface area contributed by atoms with Crippen LogP contribution in [0.5, 0.6) is 0 Å². The average Bonchev–Trinajstić information content (AvgIpc) is 2.39. The normalized spacial score (nSPS) is 20.2. The van der Waals surface area contributed by atoms with Gasteiger partial charge >= 0.3 is 0 Å². The molecule has 0 spiro atoms. The van der Waals surface area contributed by atoms with Crippen molar-refractivity contribution in [3.05, 3.63) is 34.9 Å². The molecule has 1 aromatic rings. The predicted molar refractivity (Wildman–Crippen MR) is 80.9 cm³/mol. The van der Waals surface area contributed by atoms with E-state index in [0.717, 1.165) is 31.4 Å². The van der Waals surface area contributed by atoms with Gasteiger partial charge in [-0.15, -0.1) is 12.4 Å². The molecule has 106 valence electrons. The smallest absolute Gasteiger partial charge is 0.237 e. The molecular formula is C14H20Cl2N2O. The van der Waals surface area contributed by atoms with Gasteiger partial charge in [0.1, 0.15) is 0 Å². The molecule has 1 heterocycles. The molecule has 0 saturated carbocycles. The van der Waals surface area contributed by atoms with Crippen molar-refractivity contribution in [1.82, 2.24) is 10.6 Å². The first-order valence-corrected chi connectivity index (χ1v) is 6.84. The summed E-state index contributed by atoms with van der Waals surface area (Å²) in [4.78, 5) is 12.1. The molecule has 1 aliphatic rings. The molecule has 3 nitrogen and oxygen atoms in total. The highest BCUT2D eigenvalue weighted by molar-refractivity contribution is 6.30. The van der Waals surface area contributed by atoms with Crippen molar-refractivity contribution in [1.29, 1.82) is 0 Å². The number of carbonyl (C=O) groups is 1. The fourth-order valence-electron chi connectivity index (χ4n) is 2.25. The van der Waals surface area contributed by atoms with Gasteiger partial charge in [-0.3, -0.25) is 4.79 Å². The Bertz CT molecular complexity index is 420. The maximum atomic E-state index is 12.1. The average molecular weight is 303 g/mol. The van der Waals surface area contributed by atoms with E-state index in [0.29, 0.717) is 5.02 Å². The zero-order chi connectivity index (χ0) is 13.0. The molecule has 2 rings (SSSR count). The lowest BCUT2D eigenvalue weighted by Crippen LogP contribution is -2.47. The van der Waals surface area contributed by atoms with Gasteiger partial charge in [0.2, 0.25) is 5.91 Å². The van der Waals surface area contributed by atoms with Crippen LogP contribution in [0.15, 0.2) is 24.3 Å². The van der Waals surface area contributed by atoms with Gasteiger partial charge in [-0.1, -0.05) is 30.2 Å². The number of piperidine rings is 1. The Kier molecular flexibility index (Phi) is 6.63. The van der Waals surface area contributed by atoms with E-state index in [2.05, 4.69) is 10.6 Å². The molecule has 5 heteroatoms. The van der Waals surface area contributed by atoms with Gasteiger partial charge in [0.25, 0.3) is 0 Å². The molecule has 1 aromatic carbocycles. The minimum absolute atomic E-state index is 0. The first-order valence-electron chi connectivity index (χ1n) is 6.46. The Balaban J connectivity index is 0.00000180. The lowest BCUT2D eigenvalue weighted by atomic mass is 10.0. The van der Waals surface area contributed by atoms with E-state index in [1.54, 1.807) is 0 Å². The maximum absolute atomic E-state index is 12.1. The summed E-state index contributed by atoms with van der Waals surface area (Å²) in [5, 5.41) is 6.98. The molecular weight excluding hydrogens is 283 g/mol. The van der Waals surface area contributed by atoms with Gasteiger partial charge in [-0.2, -0.15) is 0 Å². The zero-order valence-electron chi connectivity index (χ0n) is 11.0. The predicted octanol–water partition coefficient (Wildman–Crippen LogP) is 3.08. The van der Waals surface area contributed by atoms with Crippen molar-refractivity contribution in [2.75, 3.05) is 6.54 Å². The molecule has 2 atom stereocenters. The number of rotatable bonds is 3. The van der Waals surface area contributed by atoms with Crippen LogP contribution in [0.3, 0.4) is 0 Å². The number of hydrogen-bond donors (Lipinski definition) is 2. The molecule has 2 unspecified atom stereocenters. The lowest BCUT2D eigenvalue weighted by Gasteiger charge is -2.24. The minimum atomic E-state index is -0.0413. The number of hydrogen-bond acceptors (Lipinski definition) is 2. The van der Waals surface area contributed by atoms with Gasteiger partial charge in [-0.25, -0.2) is 0 Å². The SMILES string of the molecule is CC(NC(=O)C1CCCCN1)c1cccc(Cl)c1.Cl. The summed E-state index contributed by atoms with van der Waals surface area (Å²) in [7, 11) is 0. The second kappa shape index (κ2) is 7.73. The summed E-state index contributed by atoms with van der Waals surface area (Å²) in [5.74, 6) is 0.0853. The third-order valence-electron chi connectivity index (χ3n) is 3.33. The molecule has 1 saturated heterocycles. The second-order valence-electron chi connectivity index (χ2n) is 4.79. The highest BCUT2D eigenvalue weighted by Gasteiger charge is 2.21. The van der Waals surface area contributed by atoms with Crippen LogP contribution in [0, 0.1) is 0 Å². The molecule has 19 heavy (non-hydrogen) atoms. The summed E-state index contributed by atoms with van der Waals surface area (Å²) >= 11 is 5.95. The molecule has 1 fully saturated rings. The number of halogens is 2. The Morgan fingerprint density at radius 3 is 2.89 bits per heavy atom. The van der Waals surface area contributed by atoms with E-state index in [9.17, 15) is 4.79 Å². The van der Waals surface area contributed by atoms with Crippen molar-refractivity contribution >= 4 is 29.9 Å². The van der Waals surface area contributed by atoms with E-state index >= 15 is 0 Å². The highest BCUT2D eigenvalue weighted by atomic mass is 35.5. The Morgan fingerprint density at radius 2 is 2.26 bits per heavy atom. The monoisotopic (exact) mass is 302 g/mol. The highest BCUT2D eigenvalue weighted by Crippen LogP contribution is 2.18. The lowest BCUT2D eigenvalue weighted by molar-refractivity contribution is -0.124. The third-order valence-corrected chi connectivity index (χ3v) is 3.57. The molecule has 2 N–H and O–H groups in total. The third kappa shape index (κ3) is 4.68. The standard InChI is InChI=1S/C14H19ClN2O.ClH/c1-10(11-5-4-6-12(15)9-11)17-14(18)13-7-2-3-8-16-13;/h4-6,9-10,13,16H,2-3,7-8H2,1H3,(H,17,18);1H. The molecule has 0 aromatic heterocycles. The number of nitrogens with one attached hydrogen (secondary N) is 2. The van der Waals surface area contributed by atoms with Crippen LogP contribution in [0.4, 0.5) is 0 Å². The van der Waals surface area contributed by atoms with Crippen molar-refractivity contribution in [2.24, 2.45) is 0 Å². The van der Waals surface area contributed by atoms with E-state index in [1.807, 2.05) is 31.2 Å². The largest absolute Gasteiger partial charge is 0.348 e. The van der Waals surface area contributed by atoms with Gasteiger partial charge < -0.3 is 10.6 Å². The topological polar surface area (TPSA) is 41.1 Å². The van der Waals surface area contributed by atoms with Gasteiger partial charge in [0, 0.05) is 5.02 Å². The van der Waals surface area contributed by atoms with Crippen LogP contribution in [-0.2, 0) is 4.79 Å². The summed E-state index contributed by atoms with van der Waals surface area (Å²) in [6, 6.07) is 7.55. The van der Waals surface area contributed by atoms with Gasteiger partial charge in [0.15, 0.2) is 0 Å². The Labute approximate surface area is 125 Å². The molecule has 0 radical (unpaired) electrons. The minimum Gasteiger partial charge on any atom is -0.348 e. The van der Waals surface area contributed by atoms with Crippen molar-refractivity contribution in [3.63, 3.8) is 0 Å². The maximum Gasteiger partial charge on any atom is 0.237 e. The van der Waals surface area contributed by atoms with E-state index in [4.69, 9.17) is 11.6 Å². The Morgan fingerprint density at radius 1 is 1.47 bits per heavy atom. The van der Waals surface area contributed by atoms with E-state index in [1.165, 1.54) is 0 Å². The van der Waals surface area contributed by atoms with Gasteiger partial charge in [0.05, 0.1) is 12.1 Å². The molecule has 1 amide bonds. The first kappa shape index (κ1) is 16.3. The quantitative estimate of drug-likeness (QED) is 0.901. The van der Waals surface area contributed by atoms with Crippen molar-refractivity contribution in [2.45, 2.75) is 38.3 Å². The first-order chi connectivity index (χ1) is 8.66. The molecule has 1 aliphatic heterocycles. The number of amides is 1. The fourth-order valence-corrected chi connectivity index (χ4v) is 2.45. The van der Waals surface area contributed by atoms with E-state index in [-0.39, 0.29) is 30.4 Å². The van der Waals surface area contributed by atoms with E-state index < -0.39 is 0 Å². The van der Waals surface area contributed by atoms with Crippen LogP contribution in [0.25, 0.3) is 0 Å². The van der Waals surface area contributed by atoms with Crippen LogP contribution in [0.2, 0.25) is 5.02 Å². The summed E-state index contributed by atoms with van der Waals surface area (Å²) in [6.45, 7) is 2.91. The number of benzene rings is 1. The molecule has 0 bridgehead atoms. The van der Waals surface area contributed by atoms with Gasteiger partial charge in [-0.05, 0) is 44.0 Å². The second-order valence-corrected chi connectivity index (χ2v) is 5.22. The van der Waals surface area contributed by atoms with Crippen molar-refractivity contribution < 1.29 is 4.79 Å². The molecule has 0 aliphatic carbocycles. The summed E-state index contributed by atoms with van der Waals surface area (Å²) in [5.41, 5.74) is 1.03. The van der Waals surface area contributed by atoms with Crippen LogP contribution >= 0.6 is 24.0 Å². The van der Waals surface area contributed by atoms with Crippen LogP contribution < -0.4 is 10.6 Å². The van der Waals surface area contributed by atoms with Crippen LogP contribution in [-0.4, -0.2) is 18.5 Å². The van der Waals surface area contributed by atoms with Crippen molar-refractivity contribution in [3.8, 4) is 0 Å². The summed E-state index contributed by atoms with van der Waals surface area (Å²) in [6.07, 6.45) is 3.21. The number of carbonyl (C=O) groups excluding carboxylic acids is 1. The Hall–Kier alpha value is -0.770. The summed E-state index contributed by atoms with van der Waals surface area (Å²) < 4.78 is 0.